The van der Waals surface area contributed by atoms with Crippen LogP contribution in [-0.4, -0.2) is 26.3 Å². The number of anilines is 1. The number of nitrogens with zero attached hydrogens (tertiary/aromatic N) is 2. The number of aromatic amines is 1. The van der Waals surface area contributed by atoms with Crippen molar-refractivity contribution in [2.45, 2.75) is 26.7 Å². The van der Waals surface area contributed by atoms with Gasteiger partial charge in [0.25, 0.3) is 5.56 Å². The molecule has 2 aromatic carbocycles. The third-order valence-corrected chi connectivity index (χ3v) is 4.48. The number of hydrogen-bond donors (Lipinski definition) is 3. The molecule has 0 spiro atoms. The average Bonchev–Trinajstić information content (AvgIpc) is 2.74. The highest BCUT2D eigenvalue weighted by molar-refractivity contribution is 6.04. The standard InChI is InChI=1S/C22H22N4O4/c1-3-15(23-16-12-8-9-13-17(16)24-18(27)4-2)19-20(28)25-22(30)26(21(19)29)14-10-6-5-7-11-14/h5-13,29H,3-4H2,1-2H3,(H,24,27)(H,25,28,30). The van der Waals surface area contributed by atoms with Crippen molar-refractivity contribution in [1.29, 1.82) is 0 Å². The lowest BCUT2D eigenvalue weighted by Gasteiger charge is -2.13. The molecule has 0 bridgehead atoms. The lowest BCUT2D eigenvalue weighted by molar-refractivity contribution is -0.115. The van der Waals surface area contributed by atoms with Gasteiger partial charge in [0, 0.05) is 6.42 Å². The molecule has 0 aliphatic heterocycles. The van der Waals surface area contributed by atoms with E-state index >= 15 is 0 Å². The maximum absolute atomic E-state index is 12.6. The number of nitrogens with one attached hydrogen (secondary N) is 2. The van der Waals surface area contributed by atoms with Crippen LogP contribution in [0.4, 0.5) is 11.4 Å². The monoisotopic (exact) mass is 406 g/mol. The van der Waals surface area contributed by atoms with Gasteiger partial charge in [0.05, 0.1) is 22.8 Å². The molecule has 3 rings (SSSR count). The smallest absolute Gasteiger partial charge is 0.335 e. The van der Waals surface area contributed by atoms with Gasteiger partial charge in [-0.25, -0.2) is 9.36 Å². The first-order valence-electron chi connectivity index (χ1n) is 9.56. The summed E-state index contributed by atoms with van der Waals surface area (Å²) >= 11 is 0. The third kappa shape index (κ3) is 4.22. The number of benzene rings is 2. The van der Waals surface area contributed by atoms with Crippen LogP contribution in [0.3, 0.4) is 0 Å². The fourth-order valence-corrected chi connectivity index (χ4v) is 2.97. The van der Waals surface area contributed by atoms with Crippen molar-refractivity contribution in [3.05, 3.63) is 81.0 Å². The molecule has 0 fully saturated rings. The molecule has 1 heterocycles. The largest absolute Gasteiger partial charge is 0.493 e. The molecule has 154 valence electrons. The molecular weight excluding hydrogens is 384 g/mol. The van der Waals surface area contributed by atoms with Crippen LogP contribution in [-0.2, 0) is 4.79 Å². The first-order valence-corrected chi connectivity index (χ1v) is 9.56. The highest BCUT2D eigenvalue weighted by Crippen LogP contribution is 2.27. The van der Waals surface area contributed by atoms with Gasteiger partial charge in [-0.15, -0.1) is 0 Å². The maximum Gasteiger partial charge on any atom is 0.335 e. The molecule has 0 aliphatic rings. The minimum atomic E-state index is -0.751. The van der Waals surface area contributed by atoms with E-state index in [4.69, 9.17) is 0 Å². The zero-order valence-electron chi connectivity index (χ0n) is 16.7. The van der Waals surface area contributed by atoms with E-state index in [-0.39, 0.29) is 17.2 Å². The van der Waals surface area contributed by atoms with Gasteiger partial charge in [0.2, 0.25) is 11.8 Å². The topological polar surface area (TPSA) is 117 Å². The first-order chi connectivity index (χ1) is 14.5. The molecule has 0 atom stereocenters. The fraction of sp³-hybridized carbons (Fsp3) is 0.182. The van der Waals surface area contributed by atoms with Crippen LogP contribution in [0.25, 0.3) is 5.69 Å². The van der Waals surface area contributed by atoms with Gasteiger partial charge >= 0.3 is 5.69 Å². The summed E-state index contributed by atoms with van der Waals surface area (Å²) in [6, 6.07) is 15.4. The van der Waals surface area contributed by atoms with Crippen LogP contribution in [0.5, 0.6) is 5.88 Å². The van der Waals surface area contributed by atoms with Gasteiger partial charge in [-0.1, -0.05) is 44.2 Å². The maximum atomic E-state index is 12.6. The van der Waals surface area contributed by atoms with Crippen LogP contribution in [0.15, 0.2) is 69.2 Å². The van der Waals surface area contributed by atoms with E-state index in [1.165, 1.54) is 0 Å². The Hall–Kier alpha value is -3.94. The Morgan fingerprint density at radius 1 is 1.03 bits per heavy atom. The number of H-pyrrole nitrogens is 1. The second-order valence-electron chi connectivity index (χ2n) is 6.46. The van der Waals surface area contributed by atoms with Gasteiger partial charge < -0.3 is 10.4 Å². The molecular formula is C22H22N4O4. The van der Waals surface area contributed by atoms with E-state index in [2.05, 4.69) is 15.3 Å². The van der Waals surface area contributed by atoms with Crippen LogP contribution in [0.1, 0.15) is 32.3 Å². The second kappa shape index (κ2) is 9.04. The Morgan fingerprint density at radius 2 is 1.70 bits per heavy atom. The van der Waals surface area contributed by atoms with E-state index in [0.717, 1.165) is 4.57 Å². The average molecular weight is 406 g/mol. The van der Waals surface area contributed by atoms with Gasteiger partial charge in [-0.3, -0.25) is 19.6 Å². The van der Waals surface area contributed by atoms with E-state index in [1.54, 1.807) is 68.4 Å². The van der Waals surface area contributed by atoms with Crippen LogP contribution in [0.2, 0.25) is 0 Å². The molecule has 30 heavy (non-hydrogen) atoms. The zero-order valence-corrected chi connectivity index (χ0v) is 16.7. The number of aliphatic imine (C=N–C) groups is 1. The number of hydrogen-bond acceptors (Lipinski definition) is 5. The molecule has 1 amide bonds. The van der Waals surface area contributed by atoms with Crippen molar-refractivity contribution in [1.82, 2.24) is 9.55 Å². The summed E-state index contributed by atoms with van der Waals surface area (Å²) < 4.78 is 1.02. The molecule has 0 unspecified atom stereocenters. The minimum absolute atomic E-state index is 0.0995. The molecule has 0 saturated heterocycles. The van der Waals surface area contributed by atoms with Crippen LogP contribution in [0, 0.1) is 0 Å². The van der Waals surface area contributed by atoms with Gasteiger partial charge in [-0.05, 0) is 30.7 Å². The Labute approximate surface area is 172 Å². The van der Waals surface area contributed by atoms with E-state index in [9.17, 15) is 19.5 Å². The molecule has 3 aromatic rings. The Bertz CT molecular complexity index is 1210. The van der Waals surface area contributed by atoms with Crippen molar-refractivity contribution in [2.24, 2.45) is 4.99 Å². The number of para-hydroxylation sites is 3. The minimum Gasteiger partial charge on any atom is -0.493 e. The van der Waals surface area contributed by atoms with E-state index in [1.807, 2.05) is 0 Å². The van der Waals surface area contributed by atoms with Gasteiger partial charge in [0.1, 0.15) is 5.56 Å². The van der Waals surface area contributed by atoms with Crippen molar-refractivity contribution < 1.29 is 9.90 Å². The lowest BCUT2D eigenvalue weighted by atomic mass is 10.1. The Kier molecular flexibility index (Phi) is 6.26. The number of carbonyl (C=O) groups is 1. The molecule has 8 nitrogen and oxygen atoms in total. The number of aromatic nitrogens is 2. The Morgan fingerprint density at radius 3 is 2.37 bits per heavy atom. The van der Waals surface area contributed by atoms with E-state index in [0.29, 0.717) is 29.9 Å². The second-order valence-corrected chi connectivity index (χ2v) is 6.46. The summed E-state index contributed by atoms with van der Waals surface area (Å²) in [5.41, 5.74) is 0.0200. The summed E-state index contributed by atoms with van der Waals surface area (Å²) in [5.74, 6) is -0.667. The number of amides is 1. The highest BCUT2D eigenvalue weighted by atomic mass is 16.3. The number of rotatable bonds is 6. The molecule has 3 N–H and O–H groups in total. The van der Waals surface area contributed by atoms with E-state index < -0.39 is 17.1 Å². The predicted molar refractivity (Wildman–Crippen MR) is 116 cm³/mol. The molecule has 0 saturated carbocycles. The van der Waals surface area contributed by atoms with Crippen molar-refractivity contribution in [2.75, 3.05) is 5.32 Å². The third-order valence-electron chi connectivity index (χ3n) is 4.48. The van der Waals surface area contributed by atoms with Crippen molar-refractivity contribution in [3.8, 4) is 11.6 Å². The quantitative estimate of drug-likeness (QED) is 0.545. The summed E-state index contributed by atoms with van der Waals surface area (Å²) in [7, 11) is 0. The molecule has 0 radical (unpaired) electrons. The molecule has 8 heteroatoms. The normalized spacial score (nSPS) is 11.3. The SMILES string of the molecule is CCC(=O)Nc1ccccc1N=C(CC)c1c(O)n(-c2ccccc2)c(=O)[nH]c1=O. The van der Waals surface area contributed by atoms with Crippen LogP contribution >= 0.6 is 0 Å². The summed E-state index contributed by atoms with van der Waals surface area (Å²) in [6.45, 7) is 3.52. The van der Waals surface area contributed by atoms with Crippen molar-refractivity contribution in [3.63, 3.8) is 0 Å². The first kappa shape index (κ1) is 20.8. The lowest BCUT2D eigenvalue weighted by Crippen LogP contribution is -2.33. The molecule has 0 aliphatic carbocycles. The summed E-state index contributed by atoms with van der Waals surface area (Å²) in [6.07, 6.45) is 0.612. The van der Waals surface area contributed by atoms with Gasteiger partial charge in [-0.2, -0.15) is 0 Å². The summed E-state index contributed by atoms with van der Waals surface area (Å²) in [5, 5.41) is 13.6. The zero-order chi connectivity index (χ0) is 21.7. The van der Waals surface area contributed by atoms with Crippen LogP contribution < -0.4 is 16.6 Å². The highest BCUT2D eigenvalue weighted by Gasteiger charge is 2.20. The predicted octanol–water partition coefficient (Wildman–Crippen LogP) is 3.11. The summed E-state index contributed by atoms with van der Waals surface area (Å²) in [4.78, 5) is 43.5. The fourth-order valence-electron chi connectivity index (χ4n) is 2.97. The molecule has 1 aromatic heterocycles. The number of carbonyl (C=O) groups excluding carboxylic acids is 1. The Balaban J connectivity index is 2.19. The van der Waals surface area contributed by atoms with Crippen molar-refractivity contribution >= 4 is 23.0 Å². The number of aromatic hydroxyl groups is 1. The van der Waals surface area contributed by atoms with Gasteiger partial charge in [0.15, 0.2) is 0 Å².